The topological polar surface area (TPSA) is 88.6 Å². The zero-order valence-corrected chi connectivity index (χ0v) is 28.0. The van der Waals surface area contributed by atoms with Crippen molar-refractivity contribution in [1.82, 2.24) is 15.2 Å². The molecular weight excluding hydrogens is 622 g/mol. The van der Waals surface area contributed by atoms with E-state index in [0.29, 0.717) is 36.5 Å². The molecule has 1 aromatic heterocycles. The van der Waals surface area contributed by atoms with E-state index in [0.717, 1.165) is 33.3 Å². The van der Waals surface area contributed by atoms with Crippen LogP contribution in [0, 0.1) is 0 Å². The first-order chi connectivity index (χ1) is 23.3. The van der Waals surface area contributed by atoms with Crippen molar-refractivity contribution in [1.29, 1.82) is 0 Å². The number of rotatable bonds is 12. The lowest BCUT2D eigenvalue weighted by Crippen LogP contribution is -2.32. The number of esters is 1. The van der Waals surface area contributed by atoms with Crippen LogP contribution < -0.4 is 5.32 Å². The molecule has 1 heterocycles. The highest BCUT2D eigenvalue weighted by atomic mass is 35.5. The second kappa shape index (κ2) is 16.0. The smallest absolute Gasteiger partial charge is 0.338 e. The number of hydrogen-bond donors (Lipinski definition) is 1. The molecule has 48 heavy (non-hydrogen) atoms. The second-order valence-corrected chi connectivity index (χ2v) is 11.7. The number of amides is 2. The van der Waals surface area contributed by atoms with Crippen molar-refractivity contribution in [3.05, 3.63) is 147 Å². The first kappa shape index (κ1) is 34.1. The number of ether oxygens (including phenoxy) is 1. The molecule has 5 rings (SSSR count). The number of aromatic nitrogens is 1. The Kier molecular flexibility index (Phi) is 11.4. The lowest BCUT2D eigenvalue weighted by Gasteiger charge is -2.23. The van der Waals surface area contributed by atoms with Gasteiger partial charge in [-0.1, -0.05) is 78.3 Å². The van der Waals surface area contributed by atoms with Crippen LogP contribution in [0.25, 0.3) is 23.1 Å². The maximum atomic E-state index is 13.7. The number of methoxy groups -OCH3 is 1. The number of aryl methyl sites for hydroxylation is 1. The fourth-order valence-corrected chi connectivity index (χ4v) is 5.88. The van der Waals surface area contributed by atoms with Gasteiger partial charge in [0.05, 0.1) is 35.5 Å². The summed E-state index contributed by atoms with van der Waals surface area (Å²) < 4.78 is 4.93. The van der Waals surface area contributed by atoms with Gasteiger partial charge < -0.3 is 15.0 Å². The molecule has 0 saturated carbocycles. The third kappa shape index (κ3) is 8.17. The zero-order valence-electron chi connectivity index (χ0n) is 27.3. The van der Waals surface area contributed by atoms with Crippen molar-refractivity contribution in [3.8, 4) is 0 Å². The van der Waals surface area contributed by atoms with Gasteiger partial charge in [0.2, 0.25) is 0 Å². The normalized spacial score (nSPS) is 11.8. The predicted molar refractivity (Wildman–Crippen MR) is 192 cm³/mol. The maximum absolute atomic E-state index is 13.7. The van der Waals surface area contributed by atoms with Crippen molar-refractivity contribution >= 4 is 52.4 Å². The van der Waals surface area contributed by atoms with Crippen LogP contribution in [0.4, 0.5) is 0 Å². The Balaban J connectivity index is 1.45. The zero-order chi connectivity index (χ0) is 34.0. The number of benzene rings is 4. The lowest BCUT2D eigenvalue weighted by molar-refractivity contribution is 0.0595. The quantitative estimate of drug-likeness (QED) is 0.136. The van der Waals surface area contributed by atoms with Gasteiger partial charge in [-0.15, -0.1) is 0 Å². The van der Waals surface area contributed by atoms with E-state index in [1.165, 1.54) is 7.11 Å². The van der Waals surface area contributed by atoms with E-state index in [1.54, 1.807) is 29.2 Å². The van der Waals surface area contributed by atoms with Crippen LogP contribution >= 0.6 is 11.6 Å². The Morgan fingerprint density at radius 2 is 1.54 bits per heavy atom. The molecule has 0 fully saturated rings. The number of halogens is 1. The summed E-state index contributed by atoms with van der Waals surface area (Å²) >= 11 is 6.18. The second-order valence-electron chi connectivity index (χ2n) is 11.3. The van der Waals surface area contributed by atoms with Gasteiger partial charge in [0.25, 0.3) is 11.8 Å². The summed E-state index contributed by atoms with van der Waals surface area (Å²) in [5.41, 5.74) is 5.38. The van der Waals surface area contributed by atoms with E-state index in [-0.39, 0.29) is 17.0 Å². The average molecular weight is 660 g/mol. The predicted octanol–water partition coefficient (Wildman–Crippen LogP) is 8.43. The molecule has 0 radical (unpaired) electrons. The summed E-state index contributed by atoms with van der Waals surface area (Å²) in [7, 11) is 1.29. The molecule has 5 aromatic rings. The Morgan fingerprint density at radius 3 is 2.29 bits per heavy atom. The molecule has 0 aliphatic carbocycles. The number of nitrogens with zero attached hydrogens (tertiary/aromatic N) is 2. The van der Waals surface area contributed by atoms with Gasteiger partial charge in [-0.3, -0.25) is 9.59 Å². The molecule has 0 aliphatic heterocycles. The van der Waals surface area contributed by atoms with Gasteiger partial charge in [-0.25, -0.2) is 9.78 Å². The summed E-state index contributed by atoms with van der Waals surface area (Å²) in [4.78, 5) is 46.1. The molecule has 2 amide bonds. The Morgan fingerprint density at radius 1 is 0.833 bits per heavy atom. The molecule has 0 bridgehead atoms. The lowest BCUT2D eigenvalue weighted by atomic mass is 9.94. The van der Waals surface area contributed by atoms with Crippen molar-refractivity contribution in [2.75, 3.05) is 20.2 Å². The number of hydrogen-bond acceptors (Lipinski definition) is 5. The SMILES string of the molecule is CCN(CC)C(=O)c1ccccc1CC[C@H](NC(=O)c1ccccc1C(=O)OC)c1cccc(/C=C/c2ccc3ccc(Cl)cc3n2)c1. The van der Waals surface area contributed by atoms with Crippen LogP contribution in [0.15, 0.2) is 103 Å². The fourth-order valence-electron chi connectivity index (χ4n) is 5.72. The van der Waals surface area contributed by atoms with Crippen LogP contribution in [0.3, 0.4) is 0 Å². The number of fused-ring (bicyclic) bond motifs is 1. The van der Waals surface area contributed by atoms with Gasteiger partial charge >= 0.3 is 5.97 Å². The summed E-state index contributed by atoms with van der Waals surface area (Å²) in [5.74, 6) is -0.994. The Bertz CT molecular complexity index is 1970. The largest absolute Gasteiger partial charge is 0.465 e. The Labute approximate surface area is 286 Å². The molecule has 244 valence electrons. The van der Waals surface area contributed by atoms with E-state index in [1.807, 2.05) is 105 Å². The molecule has 4 aromatic carbocycles. The van der Waals surface area contributed by atoms with Crippen LogP contribution in [-0.4, -0.2) is 47.9 Å². The molecule has 1 atom stereocenters. The molecule has 0 aliphatic rings. The highest BCUT2D eigenvalue weighted by molar-refractivity contribution is 6.31. The van der Waals surface area contributed by atoms with Gasteiger partial charge in [-0.05, 0) is 91.9 Å². The van der Waals surface area contributed by atoms with E-state index < -0.39 is 17.9 Å². The molecule has 0 spiro atoms. The standard InChI is InChI=1S/C40H38ClN3O4/c1-4-44(5-2)39(46)33-14-7-6-12-28(33)20-24-36(43-38(45)34-15-8-9-16-35(34)40(47)48-3)30-13-10-11-27(25-30)17-22-32-23-19-29-18-21-31(41)26-37(29)42-32/h6-19,21-23,25-26,36H,4-5,20,24H2,1-3H3,(H,43,45)/b22-17+/t36-/m0/s1. The molecule has 1 N–H and O–H groups in total. The van der Waals surface area contributed by atoms with Gasteiger partial charge in [0.15, 0.2) is 0 Å². The fraction of sp³-hybridized carbons (Fsp3) is 0.200. The monoisotopic (exact) mass is 659 g/mol. The number of carbonyl (C=O) groups excluding carboxylic acids is 3. The van der Waals surface area contributed by atoms with Crippen molar-refractivity contribution in [3.63, 3.8) is 0 Å². The van der Waals surface area contributed by atoms with E-state index in [9.17, 15) is 14.4 Å². The van der Waals surface area contributed by atoms with Gasteiger partial charge in [-0.2, -0.15) is 0 Å². The summed E-state index contributed by atoms with van der Waals surface area (Å²) in [5, 5.41) is 4.80. The summed E-state index contributed by atoms with van der Waals surface area (Å²) in [6.07, 6.45) is 4.96. The molecule has 7 nitrogen and oxygen atoms in total. The van der Waals surface area contributed by atoms with Crippen LogP contribution in [0.5, 0.6) is 0 Å². The van der Waals surface area contributed by atoms with Crippen molar-refractivity contribution in [2.24, 2.45) is 0 Å². The number of nitrogens with one attached hydrogen (secondary N) is 1. The number of carbonyl (C=O) groups is 3. The first-order valence-corrected chi connectivity index (χ1v) is 16.4. The van der Waals surface area contributed by atoms with Crippen LogP contribution in [0.2, 0.25) is 5.02 Å². The third-order valence-corrected chi connectivity index (χ3v) is 8.55. The van der Waals surface area contributed by atoms with Gasteiger partial charge in [0, 0.05) is 29.1 Å². The first-order valence-electron chi connectivity index (χ1n) is 16.0. The molecule has 0 saturated heterocycles. The maximum Gasteiger partial charge on any atom is 0.338 e. The minimum Gasteiger partial charge on any atom is -0.465 e. The summed E-state index contributed by atoms with van der Waals surface area (Å²) in [6.45, 7) is 5.17. The molecule has 8 heteroatoms. The number of pyridine rings is 1. The minimum atomic E-state index is -0.585. The van der Waals surface area contributed by atoms with Gasteiger partial charge in [0.1, 0.15) is 0 Å². The summed E-state index contributed by atoms with van der Waals surface area (Å²) in [6, 6.07) is 31.3. The van der Waals surface area contributed by atoms with Crippen molar-refractivity contribution in [2.45, 2.75) is 32.7 Å². The van der Waals surface area contributed by atoms with E-state index in [2.05, 4.69) is 5.32 Å². The van der Waals surface area contributed by atoms with Crippen LogP contribution in [0.1, 0.15) is 79.8 Å². The third-order valence-electron chi connectivity index (χ3n) is 8.32. The van der Waals surface area contributed by atoms with Crippen LogP contribution in [-0.2, 0) is 11.2 Å². The highest BCUT2D eigenvalue weighted by Gasteiger charge is 2.23. The van der Waals surface area contributed by atoms with E-state index >= 15 is 0 Å². The van der Waals surface area contributed by atoms with Crippen molar-refractivity contribution < 1.29 is 19.1 Å². The average Bonchev–Trinajstić information content (AvgIpc) is 3.12. The highest BCUT2D eigenvalue weighted by Crippen LogP contribution is 2.25. The molecule has 0 unspecified atom stereocenters. The van der Waals surface area contributed by atoms with E-state index in [4.69, 9.17) is 21.3 Å². The Hall–Kier alpha value is -5.27. The minimum absolute atomic E-state index is 0.0140. The molecular formula is C40H38ClN3O4.